The third kappa shape index (κ3) is 5.70. The van der Waals surface area contributed by atoms with Crippen molar-refractivity contribution in [3.05, 3.63) is 17.0 Å². The third-order valence-corrected chi connectivity index (χ3v) is 6.91. The number of nitrogens with one attached hydrogen (secondary N) is 1. The Morgan fingerprint density at radius 1 is 1.14 bits per heavy atom. The van der Waals surface area contributed by atoms with E-state index in [1.165, 1.54) is 11.3 Å². The highest BCUT2D eigenvalue weighted by Gasteiger charge is 2.24. The smallest absolute Gasteiger partial charge is 0.252 e. The van der Waals surface area contributed by atoms with Crippen LogP contribution in [0.4, 0.5) is 0 Å². The molecule has 0 aromatic carbocycles. The SMILES string of the molecule is CCCCN(CC)S(=O)(=O)c1ccc(CCNCCC)s1. The third-order valence-electron chi connectivity index (χ3n) is 3.32. The highest BCUT2D eigenvalue weighted by Crippen LogP contribution is 2.25. The summed E-state index contributed by atoms with van der Waals surface area (Å²) in [6.45, 7) is 9.18. The monoisotopic (exact) mass is 332 g/mol. The molecule has 1 heterocycles. The van der Waals surface area contributed by atoms with Crippen LogP contribution in [0.25, 0.3) is 0 Å². The quantitative estimate of drug-likeness (QED) is 0.634. The summed E-state index contributed by atoms with van der Waals surface area (Å²) in [6, 6.07) is 3.70. The summed E-state index contributed by atoms with van der Waals surface area (Å²) in [5.41, 5.74) is 0. The predicted octanol–water partition coefficient (Wildman–Crippen LogP) is 3.10. The molecule has 0 bridgehead atoms. The zero-order valence-corrected chi connectivity index (χ0v) is 15.0. The summed E-state index contributed by atoms with van der Waals surface area (Å²) in [6.07, 6.45) is 3.92. The maximum Gasteiger partial charge on any atom is 0.252 e. The Hall–Kier alpha value is -0.430. The maximum atomic E-state index is 12.6. The Bertz CT molecular complexity index is 498. The normalized spacial score (nSPS) is 12.2. The van der Waals surface area contributed by atoms with Crippen LogP contribution >= 0.6 is 11.3 Å². The molecule has 0 unspecified atom stereocenters. The van der Waals surface area contributed by atoms with E-state index >= 15 is 0 Å². The van der Waals surface area contributed by atoms with Gasteiger partial charge in [0.05, 0.1) is 0 Å². The van der Waals surface area contributed by atoms with Gasteiger partial charge >= 0.3 is 0 Å². The van der Waals surface area contributed by atoms with Crippen molar-refractivity contribution >= 4 is 21.4 Å². The van der Waals surface area contributed by atoms with E-state index in [0.717, 1.165) is 43.6 Å². The Morgan fingerprint density at radius 2 is 1.90 bits per heavy atom. The van der Waals surface area contributed by atoms with Crippen LogP contribution in [0.2, 0.25) is 0 Å². The van der Waals surface area contributed by atoms with Gasteiger partial charge in [0, 0.05) is 18.0 Å². The Morgan fingerprint density at radius 3 is 2.52 bits per heavy atom. The summed E-state index contributed by atoms with van der Waals surface area (Å²) in [5, 5.41) is 3.34. The molecule has 0 aliphatic heterocycles. The van der Waals surface area contributed by atoms with Crippen LogP contribution in [-0.2, 0) is 16.4 Å². The molecule has 0 amide bonds. The number of hydrogen-bond donors (Lipinski definition) is 1. The minimum absolute atomic E-state index is 0.478. The van der Waals surface area contributed by atoms with Crippen molar-refractivity contribution < 1.29 is 8.42 Å². The number of sulfonamides is 1. The predicted molar refractivity (Wildman–Crippen MR) is 90.5 cm³/mol. The fourth-order valence-electron chi connectivity index (χ4n) is 2.05. The first-order chi connectivity index (χ1) is 10.1. The minimum Gasteiger partial charge on any atom is -0.316 e. The van der Waals surface area contributed by atoms with Crippen molar-refractivity contribution in [3.8, 4) is 0 Å². The second-order valence-corrected chi connectivity index (χ2v) is 8.40. The molecule has 0 saturated heterocycles. The van der Waals surface area contributed by atoms with Crippen molar-refractivity contribution in [2.45, 2.75) is 50.7 Å². The van der Waals surface area contributed by atoms with Gasteiger partial charge in [0.25, 0.3) is 10.0 Å². The zero-order chi connectivity index (χ0) is 15.7. The minimum atomic E-state index is -3.31. The number of unbranched alkanes of at least 4 members (excludes halogenated alkanes) is 1. The molecule has 0 aliphatic carbocycles. The number of rotatable bonds is 11. The summed E-state index contributed by atoms with van der Waals surface area (Å²) in [4.78, 5) is 1.13. The highest BCUT2D eigenvalue weighted by molar-refractivity contribution is 7.91. The van der Waals surface area contributed by atoms with Crippen molar-refractivity contribution in [1.29, 1.82) is 0 Å². The van der Waals surface area contributed by atoms with Crippen LogP contribution in [-0.4, -0.2) is 38.9 Å². The largest absolute Gasteiger partial charge is 0.316 e. The highest BCUT2D eigenvalue weighted by atomic mass is 32.2. The molecular formula is C15H28N2O2S2. The molecule has 6 heteroatoms. The lowest BCUT2D eigenvalue weighted by Gasteiger charge is -2.18. The molecule has 1 aromatic heterocycles. The van der Waals surface area contributed by atoms with Gasteiger partial charge in [0.2, 0.25) is 0 Å². The summed E-state index contributed by atoms with van der Waals surface area (Å²) in [5.74, 6) is 0. The number of hydrogen-bond acceptors (Lipinski definition) is 4. The Kier molecular flexibility index (Phi) is 8.48. The van der Waals surface area contributed by atoms with E-state index in [9.17, 15) is 8.42 Å². The van der Waals surface area contributed by atoms with Gasteiger partial charge in [0.1, 0.15) is 4.21 Å². The summed E-state index contributed by atoms with van der Waals surface area (Å²) < 4.78 is 27.2. The molecule has 21 heavy (non-hydrogen) atoms. The van der Waals surface area contributed by atoms with Gasteiger partial charge in [0.15, 0.2) is 0 Å². The van der Waals surface area contributed by atoms with Crippen LogP contribution in [0, 0.1) is 0 Å². The molecule has 0 aliphatic rings. The molecule has 1 rings (SSSR count). The molecule has 0 fully saturated rings. The molecule has 0 saturated carbocycles. The van der Waals surface area contributed by atoms with Crippen molar-refractivity contribution in [2.24, 2.45) is 0 Å². The second-order valence-electron chi connectivity index (χ2n) is 5.07. The lowest BCUT2D eigenvalue weighted by molar-refractivity contribution is 0.420. The van der Waals surface area contributed by atoms with Crippen molar-refractivity contribution in [2.75, 3.05) is 26.2 Å². The first-order valence-electron chi connectivity index (χ1n) is 7.85. The van der Waals surface area contributed by atoms with Crippen LogP contribution in [0.3, 0.4) is 0 Å². The average Bonchev–Trinajstić information content (AvgIpc) is 2.94. The van der Waals surface area contributed by atoms with E-state index in [1.807, 2.05) is 13.0 Å². The van der Waals surface area contributed by atoms with Gasteiger partial charge < -0.3 is 5.32 Å². The van der Waals surface area contributed by atoms with E-state index in [-0.39, 0.29) is 0 Å². The lowest BCUT2D eigenvalue weighted by atomic mass is 10.3. The number of thiophene rings is 1. The first kappa shape index (κ1) is 18.6. The lowest BCUT2D eigenvalue weighted by Crippen LogP contribution is -2.31. The summed E-state index contributed by atoms with van der Waals surface area (Å²) in [7, 11) is -3.31. The van der Waals surface area contributed by atoms with E-state index in [1.54, 1.807) is 10.4 Å². The fraction of sp³-hybridized carbons (Fsp3) is 0.733. The van der Waals surface area contributed by atoms with Crippen LogP contribution < -0.4 is 5.32 Å². The molecule has 1 N–H and O–H groups in total. The zero-order valence-electron chi connectivity index (χ0n) is 13.4. The van der Waals surface area contributed by atoms with Crippen molar-refractivity contribution in [3.63, 3.8) is 0 Å². The molecule has 0 spiro atoms. The Labute approximate surface area is 133 Å². The van der Waals surface area contributed by atoms with Gasteiger partial charge in [-0.1, -0.05) is 27.2 Å². The fourth-order valence-corrected chi connectivity index (χ4v) is 5.05. The Balaban J connectivity index is 2.68. The number of nitrogens with zero attached hydrogens (tertiary/aromatic N) is 1. The van der Waals surface area contributed by atoms with Crippen LogP contribution in [0.15, 0.2) is 16.3 Å². The standard InChI is InChI=1S/C15H28N2O2S2/c1-4-7-13-17(6-3)21(18,19)15-9-8-14(20-15)10-12-16-11-5-2/h8-9,16H,4-7,10-13H2,1-3H3. The van der Waals surface area contributed by atoms with Crippen LogP contribution in [0.5, 0.6) is 0 Å². The average molecular weight is 333 g/mol. The molecule has 0 atom stereocenters. The van der Waals surface area contributed by atoms with Gasteiger partial charge in [-0.05, 0) is 44.5 Å². The first-order valence-corrected chi connectivity index (χ1v) is 10.1. The van der Waals surface area contributed by atoms with Gasteiger partial charge in [-0.15, -0.1) is 11.3 Å². The van der Waals surface area contributed by atoms with Gasteiger partial charge in [-0.2, -0.15) is 4.31 Å². The summed E-state index contributed by atoms with van der Waals surface area (Å²) >= 11 is 1.41. The van der Waals surface area contributed by atoms with Gasteiger partial charge in [-0.3, -0.25) is 0 Å². The topological polar surface area (TPSA) is 49.4 Å². The second kappa shape index (κ2) is 9.56. The van der Waals surface area contributed by atoms with E-state index in [2.05, 4.69) is 19.2 Å². The van der Waals surface area contributed by atoms with E-state index < -0.39 is 10.0 Å². The molecule has 0 radical (unpaired) electrons. The van der Waals surface area contributed by atoms with Crippen molar-refractivity contribution in [1.82, 2.24) is 9.62 Å². The molecule has 122 valence electrons. The van der Waals surface area contributed by atoms with E-state index in [4.69, 9.17) is 0 Å². The molecule has 4 nitrogen and oxygen atoms in total. The maximum absolute atomic E-state index is 12.6. The molecular weight excluding hydrogens is 304 g/mol. The van der Waals surface area contributed by atoms with Gasteiger partial charge in [-0.25, -0.2) is 8.42 Å². The van der Waals surface area contributed by atoms with Crippen LogP contribution in [0.1, 0.15) is 44.9 Å². The molecule has 1 aromatic rings. The van der Waals surface area contributed by atoms with E-state index in [0.29, 0.717) is 17.3 Å².